The van der Waals surface area contributed by atoms with Crippen LogP contribution in [-0.2, 0) is 0 Å². The van der Waals surface area contributed by atoms with E-state index in [0.717, 1.165) is 6.42 Å². The minimum atomic E-state index is -4.20. The second-order valence-electron chi connectivity index (χ2n) is 5.52. The van der Waals surface area contributed by atoms with Crippen LogP contribution < -0.4 is 10.5 Å². The van der Waals surface area contributed by atoms with Crippen LogP contribution in [0.25, 0.3) is 0 Å². The molecular weight excluding hydrogens is 303 g/mol. The molecule has 6 heteroatoms. The largest absolute Gasteiger partial charge is 0.495 e. The zero-order valence-electron chi connectivity index (χ0n) is 11.8. The van der Waals surface area contributed by atoms with Crippen molar-refractivity contribution in [3.63, 3.8) is 0 Å². The molecule has 0 saturated heterocycles. The molecule has 0 amide bonds. The normalized spacial score (nSPS) is 24.7. The Balaban J connectivity index is 2.26. The van der Waals surface area contributed by atoms with E-state index in [1.165, 1.54) is 7.11 Å². The van der Waals surface area contributed by atoms with E-state index >= 15 is 0 Å². The van der Waals surface area contributed by atoms with Crippen molar-refractivity contribution >= 4 is 11.6 Å². The highest BCUT2D eigenvalue weighted by Gasteiger charge is 2.47. The van der Waals surface area contributed by atoms with E-state index in [1.807, 2.05) is 0 Å². The summed E-state index contributed by atoms with van der Waals surface area (Å²) in [7, 11) is 1.47. The summed E-state index contributed by atoms with van der Waals surface area (Å²) in [6.45, 7) is 0. The van der Waals surface area contributed by atoms with Gasteiger partial charge in [0.05, 0.1) is 18.1 Å². The highest BCUT2D eigenvalue weighted by molar-refractivity contribution is 6.32. The second kappa shape index (κ2) is 6.44. The quantitative estimate of drug-likeness (QED) is 0.874. The van der Waals surface area contributed by atoms with Gasteiger partial charge in [-0.25, -0.2) is 0 Å². The number of hydrogen-bond donors (Lipinski definition) is 1. The average molecular weight is 322 g/mol. The molecule has 2 N–H and O–H groups in total. The maximum atomic E-state index is 13.2. The monoisotopic (exact) mass is 321 g/mol. The van der Waals surface area contributed by atoms with Crippen molar-refractivity contribution in [2.75, 3.05) is 7.11 Å². The topological polar surface area (TPSA) is 35.2 Å². The van der Waals surface area contributed by atoms with Crippen molar-refractivity contribution in [3.8, 4) is 5.75 Å². The van der Waals surface area contributed by atoms with Gasteiger partial charge in [-0.2, -0.15) is 13.2 Å². The molecular formula is C15H19ClF3NO. The molecule has 0 bridgehead atoms. The Labute approximate surface area is 127 Å². The molecule has 0 aromatic heterocycles. The van der Waals surface area contributed by atoms with E-state index < -0.39 is 24.1 Å². The van der Waals surface area contributed by atoms with Crippen LogP contribution in [0.15, 0.2) is 18.2 Å². The molecule has 1 aliphatic rings. The molecule has 3 atom stereocenters. The number of hydrogen-bond acceptors (Lipinski definition) is 2. The van der Waals surface area contributed by atoms with E-state index in [9.17, 15) is 13.2 Å². The first-order valence-corrected chi connectivity index (χ1v) is 7.38. The van der Waals surface area contributed by atoms with Crippen molar-refractivity contribution in [2.45, 2.75) is 37.9 Å². The van der Waals surface area contributed by atoms with Crippen molar-refractivity contribution in [3.05, 3.63) is 28.8 Å². The van der Waals surface area contributed by atoms with E-state index in [-0.39, 0.29) is 6.42 Å². The smallest absolute Gasteiger partial charge is 0.392 e. The summed E-state index contributed by atoms with van der Waals surface area (Å²) in [6, 6.07) is 4.26. The minimum absolute atomic E-state index is 0.159. The zero-order valence-corrected chi connectivity index (χ0v) is 12.5. The fraction of sp³-hybridized carbons (Fsp3) is 0.600. The molecule has 1 fully saturated rings. The van der Waals surface area contributed by atoms with Crippen LogP contribution in [0.4, 0.5) is 13.2 Å². The summed E-state index contributed by atoms with van der Waals surface area (Å²) in [5, 5.41) is 0.421. The van der Waals surface area contributed by atoms with Gasteiger partial charge in [0, 0.05) is 6.04 Å². The summed E-state index contributed by atoms with van der Waals surface area (Å²) in [6.07, 6.45) is -2.14. The fourth-order valence-corrected chi connectivity index (χ4v) is 3.32. The Bertz CT molecular complexity index is 492. The molecule has 0 radical (unpaired) electrons. The van der Waals surface area contributed by atoms with Gasteiger partial charge < -0.3 is 10.5 Å². The molecule has 0 spiro atoms. The van der Waals surface area contributed by atoms with Gasteiger partial charge >= 0.3 is 6.18 Å². The zero-order chi connectivity index (χ0) is 15.6. The van der Waals surface area contributed by atoms with Gasteiger partial charge in [0.1, 0.15) is 5.75 Å². The van der Waals surface area contributed by atoms with E-state index in [1.54, 1.807) is 18.2 Å². The van der Waals surface area contributed by atoms with Gasteiger partial charge in [0.25, 0.3) is 0 Å². The van der Waals surface area contributed by atoms with Crippen molar-refractivity contribution in [2.24, 2.45) is 17.6 Å². The number of nitrogens with two attached hydrogens (primary N) is 1. The first-order valence-electron chi connectivity index (χ1n) is 7.00. The van der Waals surface area contributed by atoms with E-state index in [4.69, 9.17) is 22.1 Å². The summed E-state index contributed by atoms with van der Waals surface area (Å²) < 4.78 is 44.6. The molecule has 1 aromatic rings. The SMILES string of the molecule is COc1cc(C(N)C2CCCCC2C(F)(F)F)ccc1Cl. The summed E-state index contributed by atoms with van der Waals surface area (Å²) >= 11 is 5.94. The Morgan fingerprint density at radius 3 is 2.57 bits per heavy atom. The number of rotatable bonds is 3. The number of benzene rings is 1. The van der Waals surface area contributed by atoms with Gasteiger partial charge in [-0.1, -0.05) is 30.5 Å². The summed E-state index contributed by atoms with van der Waals surface area (Å²) in [5.41, 5.74) is 6.77. The highest BCUT2D eigenvalue weighted by atomic mass is 35.5. The molecule has 118 valence electrons. The lowest BCUT2D eigenvalue weighted by Gasteiger charge is -2.36. The first kappa shape index (κ1) is 16.4. The van der Waals surface area contributed by atoms with Crippen molar-refractivity contribution in [1.82, 2.24) is 0 Å². The Morgan fingerprint density at radius 1 is 1.29 bits per heavy atom. The fourth-order valence-electron chi connectivity index (χ4n) is 3.13. The number of alkyl halides is 3. The molecule has 2 rings (SSSR count). The predicted molar refractivity (Wildman–Crippen MR) is 76.4 cm³/mol. The van der Waals surface area contributed by atoms with Gasteiger partial charge in [0.15, 0.2) is 0 Å². The highest BCUT2D eigenvalue weighted by Crippen LogP contribution is 2.46. The standard InChI is InChI=1S/C15H19ClF3NO/c1-21-13-8-9(6-7-12(13)16)14(20)10-4-2-3-5-11(10)15(17,18)19/h6-8,10-11,14H,2-5,20H2,1H3. The van der Waals surface area contributed by atoms with Crippen LogP contribution in [0, 0.1) is 11.8 Å². The van der Waals surface area contributed by atoms with Crippen LogP contribution in [0.2, 0.25) is 5.02 Å². The third kappa shape index (κ3) is 3.64. The lowest BCUT2D eigenvalue weighted by atomic mass is 9.73. The molecule has 0 heterocycles. The Kier molecular flexibility index (Phi) is 5.04. The third-order valence-electron chi connectivity index (χ3n) is 4.26. The molecule has 1 saturated carbocycles. The molecule has 0 aliphatic heterocycles. The van der Waals surface area contributed by atoms with Crippen molar-refractivity contribution in [1.29, 1.82) is 0 Å². The van der Waals surface area contributed by atoms with Crippen LogP contribution in [0.1, 0.15) is 37.3 Å². The van der Waals surface area contributed by atoms with Gasteiger partial charge in [0.2, 0.25) is 0 Å². The Morgan fingerprint density at radius 2 is 1.95 bits per heavy atom. The molecule has 1 aromatic carbocycles. The Hall–Kier alpha value is -0.940. The van der Waals surface area contributed by atoms with E-state index in [2.05, 4.69) is 0 Å². The van der Waals surface area contributed by atoms with Crippen LogP contribution in [0.3, 0.4) is 0 Å². The minimum Gasteiger partial charge on any atom is -0.495 e. The molecule has 1 aliphatic carbocycles. The second-order valence-corrected chi connectivity index (χ2v) is 5.92. The van der Waals surface area contributed by atoms with Gasteiger partial charge in [-0.15, -0.1) is 0 Å². The average Bonchev–Trinajstić information content (AvgIpc) is 2.46. The predicted octanol–water partition coefficient (Wildman–Crippen LogP) is 4.72. The molecule has 2 nitrogen and oxygen atoms in total. The van der Waals surface area contributed by atoms with Crippen LogP contribution in [-0.4, -0.2) is 13.3 Å². The summed E-state index contributed by atoms with van der Waals surface area (Å²) in [4.78, 5) is 0. The lowest BCUT2D eigenvalue weighted by Crippen LogP contribution is -2.38. The van der Waals surface area contributed by atoms with Crippen LogP contribution in [0.5, 0.6) is 5.75 Å². The maximum absolute atomic E-state index is 13.2. The lowest BCUT2D eigenvalue weighted by molar-refractivity contribution is -0.198. The maximum Gasteiger partial charge on any atom is 0.392 e. The molecule has 3 unspecified atom stereocenters. The molecule has 21 heavy (non-hydrogen) atoms. The number of methoxy groups -OCH3 is 1. The number of ether oxygens (including phenoxy) is 1. The summed E-state index contributed by atoms with van der Waals surface area (Å²) in [5.74, 6) is -1.49. The number of halogens is 4. The van der Waals surface area contributed by atoms with Crippen molar-refractivity contribution < 1.29 is 17.9 Å². The van der Waals surface area contributed by atoms with E-state index in [0.29, 0.717) is 29.2 Å². The van der Waals surface area contributed by atoms with Crippen LogP contribution >= 0.6 is 11.6 Å². The first-order chi connectivity index (χ1) is 9.84. The van der Waals surface area contributed by atoms with Gasteiger partial charge in [-0.3, -0.25) is 0 Å². The third-order valence-corrected chi connectivity index (χ3v) is 4.57. The van der Waals surface area contributed by atoms with Gasteiger partial charge in [-0.05, 0) is 36.5 Å².